The Labute approximate surface area is 115 Å². The summed E-state index contributed by atoms with van der Waals surface area (Å²) >= 11 is 9.40. The summed E-state index contributed by atoms with van der Waals surface area (Å²) in [4.78, 5) is 0. The lowest BCUT2D eigenvalue weighted by Gasteiger charge is -2.28. The minimum Gasteiger partial charge on any atom is -0.380 e. The van der Waals surface area contributed by atoms with Crippen LogP contribution in [0.1, 0.15) is 32.6 Å². The number of anilines is 1. The standard InChI is InChI=1S/C13H16BrClFN/c1-8-2-4-10(5-3-8)17-13-11(14)6-9(16)7-12(13)15/h6-8,10,17H,2-5H2,1H3. The molecule has 0 bridgehead atoms. The van der Waals surface area contributed by atoms with E-state index in [9.17, 15) is 4.39 Å². The van der Waals surface area contributed by atoms with E-state index in [1.165, 1.54) is 25.0 Å². The van der Waals surface area contributed by atoms with E-state index in [-0.39, 0.29) is 5.82 Å². The van der Waals surface area contributed by atoms with Crippen molar-refractivity contribution < 1.29 is 4.39 Å². The minimum absolute atomic E-state index is 0.315. The Balaban J connectivity index is 2.08. The van der Waals surface area contributed by atoms with E-state index in [0.717, 1.165) is 24.4 Å². The molecule has 94 valence electrons. The lowest BCUT2D eigenvalue weighted by Crippen LogP contribution is -2.25. The third-order valence-corrected chi connectivity index (χ3v) is 4.29. The van der Waals surface area contributed by atoms with Gasteiger partial charge in [0.05, 0.1) is 10.7 Å². The van der Waals surface area contributed by atoms with Crippen LogP contribution >= 0.6 is 27.5 Å². The molecule has 4 heteroatoms. The maximum atomic E-state index is 13.1. The summed E-state index contributed by atoms with van der Waals surface area (Å²) in [5.74, 6) is 0.505. The van der Waals surface area contributed by atoms with Crippen molar-refractivity contribution in [2.75, 3.05) is 5.32 Å². The van der Waals surface area contributed by atoms with Gasteiger partial charge in [-0.2, -0.15) is 0 Å². The predicted octanol–water partition coefficient (Wildman–Crippen LogP) is 5.23. The van der Waals surface area contributed by atoms with Crippen molar-refractivity contribution in [3.05, 3.63) is 27.4 Å². The molecule has 0 aromatic heterocycles. The van der Waals surface area contributed by atoms with Crippen molar-refractivity contribution >= 4 is 33.2 Å². The van der Waals surface area contributed by atoms with E-state index in [4.69, 9.17) is 11.6 Å². The molecule has 0 unspecified atom stereocenters. The normalized spacial score (nSPS) is 24.7. The van der Waals surface area contributed by atoms with Gasteiger partial charge in [-0.15, -0.1) is 0 Å². The first-order valence-corrected chi connectivity index (χ1v) is 7.14. The van der Waals surface area contributed by atoms with Crippen molar-refractivity contribution in [1.29, 1.82) is 0 Å². The van der Waals surface area contributed by atoms with Crippen LogP contribution in [0.4, 0.5) is 10.1 Å². The van der Waals surface area contributed by atoms with E-state index in [0.29, 0.717) is 15.5 Å². The molecule has 0 saturated heterocycles. The maximum Gasteiger partial charge on any atom is 0.125 e. The summed E-state index contributed by atoms with van der Waals surface area (Å²) in [5, 5.41) is 3.86. The average molecular weight is 321 g/mol. The van der Waals surface area contributed by atoms with E-state index in [1.807, 2.05) is 0 Å². The van der Waals surface area contributed by atoms with Gasteiger partial charge in [0.1, 0.15) is 5.82 Å². The molecule has 1 saturated carbocycles. The molecule has 1 aromatic rings. The molecule has 0 aliphatic heterocycles. The zero-order chi connectivity index (χ0) is 12.4. The van der Waals surface area contributed by atoms with Crippen LogP contribution in [0, 0.1) is 11.7 Å². The van der Waals surface area contributed by atoms with Gasteiger partial charge in [0.15, 0.2) is 0 Å². The van der Waals surface area contributed by atoms with Crippen LogP contribution in [0.2, 0.25) is 5.02 Å². The first kappa shape index (κ1) is 13.2. The van der Waals surface area contributed by atoms with Crippen LogP contribution < -0.4 is 5.32 Å². The van der Waals surface area contributed by atoms with E-state index in [2.05, 4.69) is 28.2 Å². The molecule has 1 aliphatic carbocycles. The smallest absolute Gasteiger partial charge is 0.125 e. The number of rotatable bonds is 2. The fraction of sp³-hybridized carbons (Fsp3) is 0.538. The molecule has 17 heavy (non-hydrogen) atoms. The summed E-state index contributed by atoms with van der Waals surface area (Å²) in [5.41, 5.74) is 0.813. The molecule has 0 radical (unpaired) electrons. The largest absolute Gasteiger partial charge is 0.380 e. The zero-order valence-electron chi connectivity index (χ0n) is 9.77. The van der Waals surface area contributed by atoms with Gasteiger partial charge in [0, 0.05) is 10.5 Å². The lowest BCUT2D eigenvalue weighted by molar-refractivity contribution is 0.361. The first-order chi connectivity index (χ1) is 8.06. The molecule has 0 atom stereocenters. The molecule has 2 rings (SSSR count). The van der Waals surface area contributed by atoms with Gasteiger partial charge in [0.25, 0.3) is 0 Å². The SMILES string of the molecule is CC1CCC(Nc2c(Cl)cc(F)cc2Br)CC1. The summed E-state index contributed by atoms with van der Waals surface area (Å²) in [7, 11) is 0. The van der Waals surface area contributed by atoms with E-state index in [1.54, 1.807) is 0 Å². The average Bonchev–Trinajstić information content (AvgIpc) is 2.26. The van der Waals surface area contributed by atoms with E-state index >= 15 is 0 Å². The fourth-order valence-electron chi connectivity index (χ4n) is 2.29. The number of benzene rings is 1. The molecule has 1 fully saturated rings. The van der Waals surface area contributed by atoms with Crippen LogP contribution in [0.15, 0.2) is 16.6 Å². The highest BCUT2D eigenvalue weighted by Crippen LogP contribution is 2.34. The van der Waals surface area contributed by atoms with Gasteiger partial charge in [-0.3, -0.25) is 0 Å². The highest BCUT2D eigenvalue weighted by Gasteiger charge is 2.19. The van der Waals surface area contributed by atoms with Crippen LogP contribution in [0.3, 0.4) is 0 Å². The third-order valence-electron chi connectivity index (χ3n) is 3.37. The zero-order valence-corrected chi connectivity index (χ0v) is 12.1. The Bertz CT molecular complexity index is 379. The van der Waals surface area contributed by atoms with Gasteiger partial charge in [0.2, 0.25) is 0 Å². The Morgan fingerprint density at radius 1 is 1.29 bits per heavy atom. The monoisotopic (exact) mass is 319 g/mol. The second-order valence-electron chi connectivity index (χ2n) is 4.85. The molecule has 1 N–H and O–H groups in total. The molecule has 1 aromatic carbocycles. The van der Waals surface area contributed by atoms with Crippen molar-refractivity contribution in [2.45, 2.75) is 38.6 Å². The lowest BCUT2D eigenvalue weighted by atomic mass is 9.87. The Morgan fingerprint density at radius 2 is 1.94 bits per heavy atom. The quantitative estimate of drug-likeness (QED) is 0.786. The van der Waals surface area contributed by atoms with Crippen LogP contribution in [0.25, 0.3) is 0 Å². The second kappa shape index (κ2) is 5.57. The molecule has 1 aliphatic rings. The maximum absolute atomic E-state index is 13.1. The Morgan fingerprint density at radius 3 is 2.53 bits per heavy atom. The van der Waals surface area contributed by atoms with Crippen LogP contribution in [-0.2, 0) is 0 Å². The van der Waals surface area contributed by atoms with Crippen molar-refractivity contribution in [3.8, 4) is 0 Å². The fourth-order valence-corrected chi connectivity index (χ4v) is 3.21. The van der Waals surface area contributed by atoms with Gasteiger partial charge >= 0.3 is 0 Å². The second-order valence-corrected chi connectivity index (χ2v) is 6.11. The van der Waals surface area contributed by atoms with Gasteiger partial charge in [-0.25, -0.2) is 4.39 Å². The number of hydrogen-bond acceptors (Lipinski definition) is 1. The van der Waals surface area contributed by atoms with Crippen LogP contribution in [0.5, 0.6) is 0 Å². The Hall–Kier alpha value is -0.280. The van der Waals surface area contributed by atoms with Gasteiger partial charge < -0.3 is 5.32 Å². The first-order valence-electron chi connectivity index (χ1n) is 5.97. The van der Waals surface area contributed by atoms with Crippen molar-refractivity contribution in [1.82, 2.24) is 0 Å². The molecule has 0 spiro atoms. The number of nitrogens with one attached hydrogen (secondary N) is 1. The topological polar surface area (TPSA) is 12.0 Å². The van der Waals surface area contributed by atoms with Crippen LogP contribution in [-0.4, -0.2) is 6.04 Å². The number of halogens is 3. The minimum atomic E-state index is -0.315. The predicted molar refractivity (Wildman–Crippen MR) is 74.2 cm³/mol. The summed E-state index contributed by atoms with van der Waals surface area (Å²) in [6, 6.07) is 3.24. The van der Waals surface area contributed by atoms with Gasteiger partial charge in [-0.05, 0) is 59.7 Å². The molecule has 0 heterocycles. The molecule has 1 nitrogen and oxygen atoms in total. The highest BCUT2D eigenvalue weighted by atomic mass is 79.9. The molecule has 0 amide bonds. The molecular formula is C13H16BrClFN. The number of hydrogen-bond donors (Lipinski definition) is 1. The summed E-state index contributed by atoms with van der Waals surface area (Å²) < 4.78 is 13.8. The Kier molecular flexibility index (Phi) is 4.31. The summed E-state index contributed by atoms with van der Waals surface area (Å²) in [6.45, 7) is 2.29. The highest BCUT2D eigenvalue weighted by molar-refractivity contribution is 9.10. The molecular weight excluding hydrogens is 305 g/mol. The third kappa shape index (κ3) is 3.35. The van der Waals surface area contributed by atoms with Crippen molar-refractivity contribution in [3.63, 3.8) is 0 Å². The van der Waals surface area contributed by atoms with E-state index < -0.39 is 0 Å². The van der Waals surface area contributed by atoms with Gasteiger partial charge in [-0.1, -0.05) is 18.5 Å². The summed E-state index contributed by atoms with van der Waals surface area (Å²) in [6.07, 6.45) is 4.80. The van der Waals surface area contributed by atoms with Crippen molar-refractivity contribution in [2.24, 2.45) is 5.92 Å².